The molecule has 0 saturated heterocycles. The van der Waals surface area contributed by atoms with Gasteiger partial charge in [-0.25, -0.2) is 0 Å². The van der Waals surface area contributed by atoms with E-state index >= 15 is 0 Å². The van der Waals surface area contributed by atoms with E-state index in [1.54, 1.807) is 0 Å². The largest absolute Gasteiger partial charge is 0.403 e. The Morgan fingerprint density at radius 2 is 1.50 bits per heavy atom. The van der Waals surface area contributed by atoms with Gasteiger partial charge in [-0.2, -0.15) is 0 Å². The van der Waals surface area contributed by atoms with Crippen molar-refractivity contribution in [3.63, 3.8) is 0 Å². The molecule has 1 saturated carbocycles. The van der Waals surface area contributed by atoms with E-state index in [0.717, 1.165) is 12.8 Å². The van der Waals surface area contributed by atoms with Crippen LogP contribution in [0.1, 0.15) is 60.8 Å². The molecule has 1 fully saturated rings. The van der Waals surface area contributed by atoms with Gasteiger partial charge in [-0.05, 0) is 59.3 Å². The third-order valence-corrected chi connectivity index (χ3v) is 12.6. The minimum Gasteiger partial charge on any atom is -0.403 e. The van der Waals surface area contributed by atoms with Crippen LogP contribution in [0, 0.1) is 5.41 Å². The van der Waals surface area contributed by atoms with Gasteiger partial charge in [0.2, 0.25) is 0 Å². The van der Waals surface area contributed by atoms with Gasteiger partial charge >= 0.3 is 0 Å². The van der Waals surface area contributed by atoms with Crippen LogP contribution >= 0.6 is 0 Å². The van der Waals surface area contributed by atoms with Crippen LogP contribution in [0.3, 0.4) is 0 Å². The molecule has 168 valence electrons. The summed E-state index contributed by atoms with van der Waals surface area (Å²) in [7, 11) is -2.65. The number of allylic oxidation sites excluding steroid dienone is 2. The summed E-state index contributed by atoms with van der Waals surface area (Å²) in [5, 5.41) is 2.56. The highest BCUT2D eigenvalue weighted by molar-refractivity contribution is 6.99. The van der Waals surface area contributed by atoms with E-state index in [4.69, 9.17) is 4.43 Å². The van der Waals surface area contributed by atoms with E-state index in [2.05, 4.69) is 102 Å². The van der Waals surface area contributed by atoms with E-state index in [0.29, 0.717) is 6.42 Å². The van der Waals surface area contributed by atoms with E-state index in [-0.39, 0.29) is 22.3 Å². The normalized spacial score (nSPS) is 23.7. The molecular formula is C29H36O2Si. The lowest BCUT2D eigenvalue weighted by Gasteiger charge is -2.47. The summed E-state index contributed by atoms with van der Waals surface area (Å²) in [5.74, 6) is 0.252. The molecule has 2 aromatic carbocycles. The zero-order chi connectivity index (χ0) is 23.1. The SMILES string of the molecule is CC(C)=C1C[C@H](O[Si](c2ccccc2)(c2ccccc2)C(C)(C)C)[C@@]2(C)CCC(=O)C=C12. The van der Waals surface area contributed by atoms with Gasteiger partial charge in [0.15, 0.2) is 5.78 Å². The Morgan fingerprint density at radius 1 is 0.969 bits per heavy atom. The Hall–Kier alpha value is -2.23. The van der Waals surface area contributed by atoms with Gasteiger partial charge in [0.25, 0.3) is 8.32 Å². The van der Waals surface area contributed by atoms with Crippen molar-refractivity contribution in [1.29, 1.82) is 0 Å². The van der Waals surface area contributed by atoms with E-state index in [9.17, 15) is 4.79 Å². The molecule has 0 aliphatic heterocycles. The number of ketones is 1. The van der Waals surface area contributed by atoms with Crippen molar-refractivity contribution in [2.24, 2.45) is 5.41 Å². The molecule has 4 rings (SSSR count). The second-order valence-corrected chi connectivity index (χ2v) is 15.1. The first-order chi connectivity index (χ1) is 15.1. The second kappa shape index (κ2) is 8.28. The molecule has 0 unspecified atom stereocenters. The van der Waals surface area contributed by atoms with Crippen molar-refractivity contribution in [3.8, 4) is 0 Å². The van der Waals surface area contributed by atoms with Crippen LogP contribution in [0.4, 0.5) is 0 Å². The van der Waals surface area contributed by atoms with Crippen LogP contribution in [0.5, 0.6) is 0 Å². The molecule has 2 atom stereocenters. The second-order valence-electron chi connectivity index (χ2n) is 10.9. The van der Waals surface area contributed by atoms with Gasteiger partial charge in [-0.15, -0.1) is 0 Å². The van der Waals surface area contributed by atoms with Crippen LogP contribution in [0.15, 0.2) is 83.5 Å². The standard InChI is InChI=1S/C29H36O2Si/c1-21(2)25-20-27(29(6)18-17-22(30)19-26(25)29)31-32(28(3,4)5,23-13-9-7-10-14-23)24-15-11-8-12-16-24/h7-16,19,27H,17-18,20H2,1-6H3/t27-,29-/m0/s1. The van der Waals surface area contributed by atoms with E-state index in [1.807, 2.05) is 6.08 Å². The summed E-state index contributed by atoms with van der Waals surface area (Å²) < 4.78 is 7.58. The van der Waals surface area contributed by atoms with Crippen LogP contribution in [-0.4, -0.2) is 20.2 Å². The predicted octanol–water partition coefficient (Wildman–Crippen LogP) is 5.97. The average molecular weight is 445 g/mol. The molecular weight excluding hydrogens is 408 g/mol. The summed E-state index contributed by atoms with van der Waals surface area (Å²) in [6.07, 6.45) is 4.31. The van der Waals surface area contributed by atoms with Crippen molar-refractivity contribution in [1.82, 2.24) is 0 Å². The fraction of sp³-hybridized carbons (Fsp3) is 0.414. The molecule has 2 aliphatic rings. The average Bonchev–Trinajstić information content (AvgIpc) is 3.04. The highest BCUT2D eigenvalue weighted by Gasteiger charge is 2.56. The zero-order valence-corrected chi connectivity index (χ0v) is 21.4. The lowest BCUT2D eigenvalue weighted by molar-refractivity contribution is -0.116. The lowest BCUT2D eigenvalue weighted by Crippen LogP contribution is -2.68. The van der Waals surface area contributed by atoms with Crippen molar-refractivity contribution in [3.05, 3.63) is 83.5 Å². The maximum absolute atomic E-state index is 12.4. The fourth-order valence-corrected chi connectivity index (χ4v) is 10.5. The summed E-state index contributed by atoms with van der Waals surface area (Å²) >= 11 is 0. The van der Waals surface area contributed by atoms with Crippen LogP contribution in [-0.2, 0) is 9.22 Å². The molecule has 0 spiro atoms. The highest BCUT2D eigenvalue weighted by atomic mass is 28.4. The lowest BCUT2D eigenvalue weighted by atomic mass is 9.73. The van der Waals surface area contributed by atoms with Gasteiger partial charge in [0.1, 0.15) is 0 Å². The van der Waals surface area contributed by atoms with Crippen molar-refractivity contribution >= 4 is 24.5 Å². The number of carbonyl (C=O) groups excluding carboxylic acids is 1. The molecule has 2 aromatic rings. The molecule has 0 aromatic heterocycles. The Kier molecular flexibility index (Phi) is 5.93. The minimum atomic E-state index is -2.65. The maximum atomic E-state index is 12.4. The molecule has 0 amide bonds. The summed E-state index contributed by atoms with van der Waals surface area (Å²) in [6, 6.07) is 21.7. The number of hydrogen-bond donors (Lipinski definition) is 0. The van der Waals surface area contributed by atoms with E-state index in [1.165, 1.54) is 27.1 Å². The van der Waals surface area contributed by atoms with Crippen LogP contribution in [0.2, 0.25) is 5.04 Å². The quantitative estimate of drug-likeness (QED) is 0.543. The third kappa shape index (κ3) is 3.66. The van der Waals surface area contributed by atoms with Gasteiger partial charge < -0.3 is 4.43 Å². The number of benzene rings is 2. The zero-order valence-electron chi connectivity index (χ0n) is 20.4. The van der Waals surface area contributed by atoms with Crippen LogP contribution in [0.25, 0.3) is 0 Å². The molecule has 32 heavy (non-hydrogen) atoms. The first-order valence-corrected chi connectivity index (χ1v) is 13.7. The maximum Gasteiger partial charge on any atom is 0.261 e. The molecule has 0 N–H and O–H groups in total. The minimum absolute atomic E-state index is 0.0538. The van der Waals surface area contributed by atoms with Crippen molar-refractivity contribution in [2.45, 2.75) is 71.9 Å². The van der Waals surface area contributed by atoms with E-state index < -0.39 is 8.32 Å². The fourth-order valence-electron chi connectivity index (χ4n) is 5.75. The highest BCUT2D eigenvalue weighted by Crippen LogP contribution is 2.55. The van der Waals surface area contributed by atoms with Gasteiger partial charge in [-0.1, -0.05) is 93.9 Å². The summed E-state index contributed by atoms with van der Waals surface area (Å²) in [6.45, 7) is 13.7. The molecule has 2 aliphatic carbocycles. The first kappa shape index (κ1) is 22.9. The van der Waals surface area contributed by atoms with Gasteiger partial charge in [0, 0.05) is 11.8 Å². The Balaban J connectivity index is 1.92. The summed E-state index contributed by atoms with van der Waals surface area (Å²) in [5.41, 5.74) is 3.71. The Morgan fingerprint density at radius 3 is 1.97 bits per heavy atom. The Labute approximate surface area is 194 Å². The number of rotatable bonds is 4. The first-order valence-electron chi connectivity index (χ1n) is 11.8. The third-order valence-electron chi connectivity index (χ3n) is 7.58. The topological polar surface area (TPSA) is 26.3 Å². The van der Waals surface area contributed by atoms with Gasteiger partial charge in [-0.3, -0.25) is 4.79 Å². The summed E-state index contributed by atoms with van der Waals surface area (Å²) in [4.78, 5) is 12.4. The Bertz CT molecular complexity index is 1020. The monoisotopic (exact) mass is 444 g/mol. The van der Waals surface area contributed by atoms with Crippen LogP contribution < -0.4 is 10.4 Å². The number of carbonyl (C=O) groups is 1. The molecule has 0 heterocycles. The number of hydrogen-bond acceptors (Lipinski definition) is 2. The predicted molar refractivity (Wildman–Crippen MR) is 136 cm³/mol. The molecule has 2 nitrogen and oxygen atoms in total. The molecule has 3 heteroatoms. The smallest absolute Gasteiger partial charge is 0.261 e. The van der Waals surface area contributed by atoms with Crippen molar-refractivity contribution in [2.75, 3.05) is 0 Å². The van der Waals surface area contributed by atoms with Crippen molar-refractivity contribution < 1.29 is 9.22 Å². The number of fused-ring (bicyclic) bond motifs is 1. The van der Waals surface area contributed by atoms with Gasteiger partial charge in [0.05, 0.1) is 6.10 Å². The molecule has 0 radical (unpaired) electrons. The molecule has 0 bridgehead atoms.